The Kier molecular flexibility index (Phi) is 6.54. The second-order valence-corrected chi connectivity index (χ2v) is 8.83. The van der Waals surface area contributed by atoms with Gasteiger partial charge in [0.1, 0.15) is 11.6 Å². The number of carbonyl (C=O) groups excluding carboxylic acids is 3. The van der Waals surface area contributed by atoms with Gasteiger partial charge in [0.2, 0.25) is 11.8 Å². The van der Waals surface area contributed by atoms with E-state index in [4.69, 9.17) is 10.5 Å². The molecule has 0 bridgehead atoms. The topological polar surface area (TPSA) is 102 Å². The summed E-state index contributed by atoms with van der Waals surface area (Å²) in [6, 6.07) is 5.40. The maximum absolute atomic E-state index is 13.0. The van der Waals surface area contributed by atoms with Gasteiger partial charge >= 0.3 is 6.09 Å². The number of benzene rings is 1. The predicted molar refractivity (Wildman–Crippen MR) is 105 cm³/mol. The van der Waals surface area contributed by atoms with Crippen molar-refractivity contribution < 1.29 is 19.1 Å². The third-order valence-corrected chi connectivity index (χ3v) is 5.14. The molecular weight excluding hydrogens is 366 g/mol. The van der Waals surface area contributed by atoms with Crippen LogP contribution >= 0.6 is 11.8 Å². The lowest BCUT2D eigenvalue weighted by molar-refractivity contribution is -0.138. The molecule has 2 rings (SSSR count). The van der Waals surface area contributed by atoms with Crippen LogP contribution < -0.4 is 11.1 Å². The van der Waals surface area contributed by atoms with Gasteiger partial charge in [-0.1, -0.05) is 26.0 Å². The number of hydrogen-bond donors (Lipinski definition) is 2. The second kappa shape index (κ2) is 8.31. The molecule has 3 N–H and O–H groups in total. The van der Waals surface area contributed by atoms with Crippen LogP contribution in [-0.4, -0.2) is 46.2 Å². The summed E-state index contributed by atoms with van der Waals surface area (Å²) in [6.07, 6.45) is -0.865. The number of nitrogens with zero attached hydrogens (tertiary/aromatic N) is 1. The molecular formula is C19H27N3O4S. The number of para-hydroxylation sites is 1. The molecule has 1 aromatic rings. The van der Waals surface area contributed by atoms with Gasteiger partial charge in [-0.05, 0) is 38.8 Å². The highest BCUT2D eigenvalue weighted by molar-refractivity contribution is 7.99. The molecule has 1 heterocycles. The quantitative estimate of drug-likeness (QED) is 0.819. The van der Waals surface area contributed by atoms with Gasteiger partial charge in [0.05, 0.1) is 11.7 Å². The summed E-state index contributed by atoms with van der Waals surface area (Å²) in [6.45, 7) is 8.68. The summed E-state index contributed by atoms with van der Waals surface area (Å²) in [7, 11) is 0. The Labute approximate surface area is 164 Å². The van der Waals surface area contributed by atoms with Crippen molar-refractivity contribution in [1.82, 2.24) is 4.90 Å². The van der Waals surface area contributed by atoms with E-state index in [9.17, 15) is 14.4 Å². The number of anilines is 1. The Balaban J connectivity index is 2.36. The lowest BCUT2D eigenvalue weighted by Crippen LogP contribution is -2.58. The smallest absolute Gasteiger partial charge is 0.417 e. The minimum absolute atomic E-state index is 0.193. The van der Waals surface area contributed by atoms with Crippen molar-refractivity contribution in [1.29, 1.82) is 0 Å². The fourth-order valence-corrected chi connectivity index (χ4v) is 3.56. The summed E-state index contributed by atoms with van der Waals surface area (Å²) in [5.74, 6) is -1.03. The summed E-state index contributed by atoms with van der Waals surface area (Å²) in [5.41, 5.74) is 5.84. The number of thioether (sulfide) groups is 1. The molecule has 0 fully saturated rings. The molecule has 8 heteroatoms. The molecule has 1 aromatic carbocycles. The molecule has 2 atom stereocenters. The molecule has 0 saturated carbocycles. The number of nitrogens with two attached hydrogens (primary N) is 1. The second-order valence-electron chi connectivity index (χ2n) is 7.77. The van der Waals surface area contributed by atoms with Crippen LogP contribution in [0, 0.1) is 5.92 Å². The largest absolute Gasteiger partial charge is 0.443 e. The van der Waals surface area contributed by atoms with E-state index in [1.54, 1.807) is 40.7 Å². The number of ether oxygens (including phenoxy) is 1. The lowest BCUT2D eigenvalue weighted by atomic mass is 10.0. The number of carbonyl (C=O) groups is 3. The fraction of sp³-hybridized carbons (Fsp3) is 0.526. The van der Waals surface area contributed by atoms with Crippen molar-refractivity contribution >= 4 is 35.4 Å². The molecule has 1 aliphatic heterocycles. The fourth-order valence-electron chi connectivity index (χ4n) is 2.48. The van der Waals surface area contributed by atoms with Crippen LogP contribution in [0.2, 0.25) is 0 Å². The third kappa shape index (κ3) is 5.23. The molecule has 0 aliphatic carbocycles. The Morgan fingerprint density at radius 3 is 2.52 bits per heavy atom. The maximum Gasteiger partial charge on any atom is 0.417 e. The van der Waals surface area contributed by atoms with Gasteiger partial charge in [0, 0.05) is 10.6 Å². The summed E-state index contributed by atoms with van der Waals surface area (Å²) in [5, 5.41) is 2.79. The van der Waals surface area contributed by atoms with Crippen LogP contribution in [0.15, 0.2) is 29.2 Å². The first-order valence-electron chi connectivity index (χ1n) is 8.85. The van der Waals surface area contributed by atoms with Crippen LogP contribution in [0.4, 0.5) is 10.5 Å². The molecule has 0 saturated heterocycles. The van der Waals surface area contributed by atoms with Crippen LogP contribution in [0.25, 0.3) is 0 Å². The molecule has 0 spiro atoms. The van der Waals surface area contributed by atoms with Gasteiger partial charge in [-0.15, -0.1) is 11.8 Å². The lowest BCUT2D eigenvalue weighted by Gasteiger charge is -2.32. The van der Waals surface area contributed by atoms with E-state index in [-0.39, 0.29) is 11.7 Å². The molecule has 1 unspecified atom stereocenters. The van der Waals surface area contributed by atoms with Gasteiger partial charge in [-0.2, -0.15) is 0 Å². The molecule has 148 valence electrons. The number of nitrogens with one attached hydrogen (secondary N) is 1. The highest BCUT2D eigenvalue weighted by Gasteiger charge is 2.41. The summed E-state index contributed by atoms with van der Waals surface area (Å²) in [4.78, 5) is 40.3. The number of rotatable bonds is 3. The Morgan fingerprint density at radius 2 is 1.93 bits per heavy atom. The van der Waals surface area contributed by atoms with E-state index in [0.29, 0.717) is 5.69 Å². The minimum atomic E-state index is -1.02. The van der Waals surface area contributed by atoms with Crippen molar-refractivity contribution in [3.05, 3.63) is 24.3 Å². The summed E-state index contributed by atoms with van der Waals surface area (Å²) >= 11 is 1.40. The van der Waals surface area contributed by atoms with Gasteiger partial charge in [-0.25, -0.2) is 9.69 Å². The summed E-state index contributed by atoms with van der Waals surface area (Å²) < 4.78 is 5.39. The highest BCUT2D eigenvalue weighted by atomic mass is 32.2. The highest BCUT2D eigenvalue weighted by Crippen LogP contribution is 2.32. The monoisotopic (exact) mass is 393 g/mol. The van der Waals surface area contributed by atoms with E-state index in [2.05, 4.69) is 5.32 Å². The SMILES string of the molecule is CC(C)C(N)C(=O)N(C(=O)OC(C)(C)C)[C@@H]1CSc2ccccc2NC1=O. The maximum atomic E-state index is 13.0. The van der Waals surface area contributed by atoms with E-state index in [0.717, 1.165) is 9.80 Å². The van der Waals surface area contributed by atoms with Crippen LogP contribution in [0.3, 0.4) is 0 Å². The zero-order chi connectivity index (χ0) is 20.4. The Hall–Kier alpha value is -2.06. The van der Waals surface area contributed by atoms with Crippen LogP contribution in [0.5, 0.6) is 0 Å². The van der Waals surface area contributed by atoms with Crippen molar-refractivity contribution in [2.45, 2.75) is 57.2 Å². The van der Waals surface area contributed by atoms with Gasteiger partial charge in [0.15, 0.2) is 0 Å². The Bertz CT molecular complexity index is 730. The molecule has 0 radical (unpaired) electrons. The van der Waals surface area contributed by atoms with Crippen molar-refractivity contribution in [3.63, 3.8) is 0 Å². The van der Waals surface area contributed by atoms with E-state index in [1.165, 1.54) is 11.8 Å². The van der Waals surface area contributed by atoms with Crippen LogP contribution in [0.1, 0.15) is 34.6 Å². The van der Waals surface area contributed by atoms with Gasteiger partial charge < -0.3 is 15.8 Å². The number of amides is 3. The third-order valence-electron chi connectivity index (χ3n) is 3.99. The zero-order valence-corrected chi connectivity index (χ0v) is 17.1. The zero-order valence-electron chi connectivity index (χ0n) is 16.3. The van der Waals surface area contributed by atoms with Gasteiger partial charge in [0.25, 0.3) is 0 Å². The first-order valence-corrected chi connectivity index (χ1v) is 9.84. The van der Waals surface area contributed by atoms with Crippen LogP contribution in [-0.2, 0) is 14.3 Å². The normalized spacial score (nSPS) is 18.2. The molecule has 7 nitrogen and oxygen atoms in total. The van der Waals surface area contributed by atoms with E-state index in [1.807, 2.05) is 18.2 Å². The first-order chi connectivity index (χ1) is 12.5. The van der Waals surface area contributed by atoms with Crippen molar-refractivity contribution in [2.75, 3.05) is 11.1 Å². The van der Waals surface area contributed by atoms with Gasteiger partial charge in [-0.3, -0.25) is 9.59 Å². The number of fused-ring (bicyclic) bond motifs is 1. The number of hydrogen-bond acceptors (Lipinski definition) is 6. The van der Waals surface area contributed by atoms with Crippen molar-refractivity contribution in [2.24, 2.45) is 11.7 Å². The predicted octanol–water partition coefficient (Wildman–Crippen LogP) is 2.85. The Morgan fingerprint density at radius 1 is 1.30 bits per heavy atom. The average Bonchev–Trinajstić information content (AvgIpc) is 2.71. The molecule has 1 aliphatic rings. The molecule has 27 heavy (non-hydrogen) atoms. The van der Waals surface area contributed by atoms with E-state index >= 15 is 0 Å². The first kappa shape index (κ1) is 21.2. The number of imide groups is 1. The average molecular weight is 394 g/mol. The van der Waals surface area contributed by atoms with E-state index < -0.39 is 35.6 Å². The molecule has 0 aromatic heterocycles. The van der Waals surface area contributed by atoms with Crippen molar-refractivity contribution in [3.8, 4) is 0 Å². The standard InChI is InChI=1S/C19H27N3O4S/c1-11(2)15(20)17(24)22(18(25)26-19(3,4)5)13-10-27-14-9-7-6-8-12(14)21-16(13)23/h6-9,11,13,15H,10,20H2,1-5H3,(H,21,23)/t13-,15?/m1/s1. The minimum Gasteiger partial charge on any atom is -0.443 e. The molecule has 3 amide bonds.